The van der Waals surface area contributed by atoms with E-state index in [-0.39, 0.29) is 17.3 Å². The number of pyridine rings is 1. The molecule has 1 amide bonds. The SMILES string of the molecule is O=C1C(=Cc2c(N3CCN(c4ccc(F)cc4)CC3)nc3ccccn3c2=O)SC(=S)N1CCc1ccccc1. The number of carbonyl (C=O) groups excluding carboxylic acids is 1. The summed E-state index contributed by atoms with van der Waals surface area (Å²) in [4.78, 5) is 38.3. The van der Waals surface area contributed by atoms with Gasteiger partial charge in [0.05, 0.1) is 10.5 Å². The van der Waals surface area contributed by atoms with E-state index >= 15 is 0 Å². The number of anilines is 2. The van der Waals surface area contributed by atoms with Crippen molar-refractivity contribution < 1.29 is 9.18 Å². The highest BCUT2D eigenvalue weighted by atomic mass is 32.2. The Morgan fingerprint density at radius 1 is 0.900 bits per heavy atom. The molecule has 0 radical (unpaired) electrons. The van der Waals surface area contributed by atoms with Crippen LogP contribution in [0.15, 0.2) is 88.7 Å². The summed E-state index contributed by atoms with van der Waals surface area (Å²) in [6.45, 7) is 3.07. The quantitative estimate of drug-likeness (QED) is 0.248. The van der Waals surface area contributed by atoms with Crippen molar-refractivity contribution in [2.45, 2.75) is 6.42 Å². The van der Waals surface area contributed by atoms with Gasteiger partial charge in [-0.25, -0.2) is 9.37 Å². The summed E-state index contributed by atoms with van der Waals surface area (Å²) in [5, 5.41) is 0. The Hall–Kier alpha value is -4.02. The molecular weight excluding hydrogens is 545 g/mol. The largest absolute Gasteiger partial charge is 0.368 e. The zero-order chi connectivity index (χ0) is 27.6. The van der Waals surface area contributed by atoms with Crippen molar-refractivity contribution in [3.63, 3.8) is 0 Å². The Balaban J connectivity index is 1.29. The molecule has 2 aliphatic rings. The number of nitrogens with zero attached hydrogens (tertiary/aromatic N) is 5. The van der Waals surface area contributed by atoms with E-state index in [1.54, 1.807) is 41.4 Å². The minimum absolute atomic E-state index is 0.199. The number of thioether (sulfide) groups is 1. The molecule has 0 atom stereocenters. The fourth-order valence-electron chi connectivity index (χ4n) is 5.00. The summed E-state index contributed by atoms with van der Waals surface area (Å²) in [5.41, 5.74) is 2.74. The van der Waals surface area contributed by atoms with Crippen LogP contribution in [-0.2, 0) is 11.2 Å². The van der Waals surface area contributed by atoms with E-state index in [1.807, 2.05) is 36.4 Å². The molecule has 2 aromatic carbocycles. The van der Waals surface area contributed by atoms with E-state index in [0.29, 0.717) is 65.4 Å². The van der Waals surface area contributed by atoms with Crippen LogP contribution < -0.4 is 15.4 Å². The normalized spacial score (nSPS) is 16.9. The van der Waals surface area contributed by atoms with Crippen molar-refractivity contribution in [2.24, 2.45) is 0 Å². The van der Waals surface area contributed by atoms with Gasteiger partial charge in [-0.05, 0) is 54.5 Å². The number of amides is 1. The van der Waals surface area contributed by atoms with Gasteiger partial charge >= 0.3 is 0 Å². The lowest BCUT2D eigenvalue weighted by atomic mass is 10.1. The molecule has 4 heterocycles. The molecule has 0 aliphatic carbocycles. The van der Waals surface area contributed by atoms with Crippen LogP contribution in [-0.4, -0.2) is 57.2 Å². The molecule has 6 rings (SSSR count). The number of hydrogen-bond acceptors (Lipinski definition) is 7. The Labute approximate surface area is 240 Å². The summed E-state index contributed by atoms with van der Waals surface area (Å²) in [7, 11) is 0. The first kappa shape index (κ1) is 26.2. The third-order valence-corrected chi connectivity index (χ3v) is 8.51. The maximum atomic E-state index is 13.7. The number of fused-ring (bicyclic) bond motifs is 1. The van der Waals surface area contributed by atoms with Crippen LogP contribution in [0.4, 0.5) is 15.9 Å². The minimum Gasteiger partial charge on any atom is -0.368 e. The molecular formula is C30H26FN5O2S2. The van der Waals surface area contributed by atoms with Crippen LogP contribution >= 0.6 is 24.0 Å². The lowest BCUT2D eigenvalue weighted by Gasteiger charge is -2.37. The van der Waals surface area contributed by atoms with Crippen molar-refractivity contribution in [1.82, 2.24) is 14.3 Å². The Kier molecular flexibility index (Phi) is 7.36. The number of rotatable bonds is 6. The lowest BCUT2D eigenvalue weighted by molar-refractivity contribution is -0.122. The van der Waals surface area contributed by atoms with Crippen molar-refractivity contribution >= 4 is 57.4 Å². The fourth-order valence-corrected chi connectivity index (χ4v) is 6.29. The van der Waals surface area contributed by atoms with Crippen LogP contribution in [0.3, 0.4) is 0 Å². The van der Waals surface area contributed by atoms with Crippen molar-refractivity contribution in [2.75, 3.05) is 42.5 Å². The van der Waals surface area contributed by atoms with Gasteiger partial charge in [0, 0.05) is 44.6 Å². The first-order valence-electron chi connectivity index (χ1n) is 13.0. The Morgan fingerprint density at radius 2 is 1.60 bits per heavy atom. The molecule has 4 aromatic rings. The monoisotopic (exact) mass is 571 g/mol. The van der Waals surface area contributed by atoms with Gasteiger partial charge in [0.15, 0.2) is 0 Å². The lowest BCUT2D eigenvalue weighted by Crippen LogP contribution is -2.47. The molecule has 0 N–H and O–H groups in total. The van der Waals surface area contributed by atoms with E-state index in [1.165, 1.54) is 28.3 Å². The average molecular weight is 572 g/mol. The summed E-state index contributed by atoms with van der Waals surface area (Å²) in [6, 6.07) is 21.8. The molecule has 2 aromatic heterocycles. The molecule has 2 saturated heterocycles. The number of thiocarbonyl (C=S) groups is 1. The van der Waals surface area contributed by atoms with Gasteiger partial charge in [0.25, 0.3) is 11.5 Å². The number of halogens is 1. The van der Waals surface area contributed by atoms with Gasteiger partial charge in [-0.15, -0.1) is 0 Å². The van der Waals surface area contributed by atoms with Crippen molar-refractivity contribution in [3.8, 4) is 0 Å². The molecule has 40 heavy (non-hydrogen) atoms. The first-order valence-corrected chi connectivity index (χ1v) is 14.3. The van der Waals surface area contributed by atoms with Gasteiger partial charge < -0.3 is 9.80 Å². The third-order valence-electron chi connectivity index (χ3n) is 7.14. The molecule has 0 bridgehead atoms. The summed E-state index contributed by atoms with van der Waals surface area (Å²) in [5.74, 6) is 0.0819. The van der Waals surface area contributed by atoms with Crippen LogP contribution in [0.2, 0.25) is 0 Å². The number of piperazine rings is 1. The first-order chi connectivity index (χ1) is 19.5. The second kappa shape index (κ2) is 11.2. The topological polar surface area (TPSA) is 61.2 Å². The maximum absolute atomic E-state index is 13.7. The predicted octanol–water partition coefficient (Wildman–Crippen LogP) is 4.60. The summed E-state index contributed by atoms with van der Waals surface area (Å²) < 4.78 is 15.4. The van der Waals surface area contributed by atoms with E-state index in [0.717, 1.165) is 11.3 Å². The van der Waals surface area contributed by atoms with Gasteiger partial charge in [-0.1, -0.05) is 60.4 Å². The smallest absolute Gasteiger partial charge is 0.267 e. The standard InChI is InChI=1S/C30H26FN5O2S2/c31-22-9-11-23(12-10-22)33-16-18-34(19-17-33)27-24(28(37)35-14-5-4-8-26(35)32-27)20-25-29(38)36(30(39)40-25)15-13-21-6-2-1-3-7-21/h1-12,14,20H,13,15-19H2. The highest BCUT2D eigenvalue weighted by molar-refractivity contribution is 8.26. The number of benzene rings is 2. The summed E-state index contributed by atoms with van der Waals surface area (Å²) >= 11 is 6.77. The zero-order valence-corrected chi connectivity index (χ0v) is 23.2. The zero-order valence-electron chi connectivity index (χ0n) is 21.6. The van der Waals surface area contributed by atoms with Gasteiger partial charge in [-0.3, -0.25) is 18.9 Å². The second-order valence-electron chi connectivity index (χ2n) is 9.60. The van der Waals surface area contributed by atoms with Crippen LogP contribution in [0.1, 0.15) is 11.1 Å². The van der Waals surface area contributed by atoms with E-state index < -0.39 is 0 Å². The Bertz CT molecular complexity index is 1670. The van der Waals surface area contributed by atoms with Gasteiger partial charge in [0.2, 0.25) is 0 Å². The maximum Gasteiger partial charge on any atom is 0.267 e. The third kappa shape index (κ3) is 5.24. The summed E-state index contributed by atoms with van der Waals surface area (Å²) in [6.07, 6.45) is 4.02. The fraction of sp³-hybridized carbons (Fsp3) is 0.200. The van der Waals surface area contributed by atoms with E-state index in [2.05, 4.69) is 9.80 Å². The van der Waals surface area contributed by atoms with Gasteiger partial charge in [-0.2, -0.15) is 0 Å². The molecule has 10 heteroatoms. The predicted molar refractivity (Wildman–Crippen MR) is 162 cm³/mol. The van der Waals surface area contributed by atoms with Crippen LogP contribution in [0.5, 0.6) is 0 Å². The van der Waals surface area contributed by atoms with Crippen molar-refractivity contribution in [3.05, 3.63) is 111 Å². The number of hydrogen-bond donors (Lipinski definition) is 0. The Morgan fingerprint density at radius 3 is 2.35 bits per heavy atom. The van der Waals surface area contributed by atoms with Crippen LogP contribution in [0, 0.1) is 5.82 Å². The highest BCUT2D eigenvalue weighted by Crippen LogP contribution is 2.34. The molecule has 2 aliphatic heterocycles. The average Bonchev–Trinajstić information content (AvgIpc) is 3.25. The molecule has 0 saturated carbocycles. The molecule has 2 fully saturated rings. The highest BCUT2D eigenvalue weighted by Gasteiger charge is 2.33. The second-order valence-corrected chi connectivity index (χ2v) is 11.3. The molecule has 0 unspecified atom stereocenters. The molecule has 0 spiro atoms. The molecule has 202 valence electrons. The van der Waals surface area contributed by atoms with E-state index in [4.69, 9.17) is 17.2 Å². The van der Waals surface area contributed by atoms with E-state index in [9.17, 15) is 14.0 Å². The molecule has 7 nitrogen and oxygen atoms in total. The minimum atomic E-state index is -0.265. The van der Waals surface area contributed by atoms with Crippen LogP contribution in [0.25, 0.3) is 11.7 Å². The number of aromatic nitrogens is 2. The van der Waals surface area contributed by atoms with Gasteiger partial charge in [0.1, 0.15) is 21.6 Å². The number of carbonyl (C=O) groups is 1. The van der Waals surface area contributed by atoms with Crippen molar-refractivity contribution in [1.29, 1.82) is 0 Å².